The van der Waals surface area contributed by atoms with Crippen LogP contribution in [0, 0.1) is 11.8 Å². The van der Waals surface area contributed by atoms with Gasteiger partial charge in [-0.25, -0.2) is 9.78 Å². The lowest BCUT2D eigenvalue weighted by Crippen LogP contribution is -2.47. The number of aromatic amines is 1. The van der Waals surface area contributed by atoms with Crippen molar-refractivity contribution in [3.63, 3.8) is 0 Å². The predicted molar refractivity (Wildman–Crippen MR) is 131 cm³/mol. The molecule has 2 rings (SSSR count). The van der Waals surface area contributed by atoms with Crippen molar-refractivity contribution in [1.82, 2.24) is 19.4 Å². The molecule has 2 amide bonds. The smallest absolute Gasteiger partial charge is 0.330 e. The standard InChI is InChI=1S/C22H32N6O4S/c1-13(2)10-27(17-18(23)28(11-14(3)4)22(32)25-19(17)30)16(29)12-26(5)21(31)15-8-7-9-24-20(15)33-6/h7-9,13-14H,10-12,23H2,1-6H3,(H,25,30,32). The Morgan fingerprint density at radius 2 is 1.88 bits per heavy atom. The number of nitrogen functional groups attached to an aromatic ring is 1. The van der Waals surface area contributed by atoms with Crippen LogP contribution in [0.1, 0.15) is 38.1 Å². The van der Waals surface area contributed by atoms with Crippen molar-refractivity contribution >= 4 is 35.1 Å². The van der Waals surface area contributed by atoms with Crippen LogP contribution in [0.3, 0.4) is 0 Å². The van der Waals surface area contributed by atoms with E-state index >= 15 is 0 Å². The summed E-state index contributed by atoms with van der Waals surface area (Å²) in [5.41, 5.74) is 5.17. The summed E-state index contributed by atoms with van der Waals surface area (Å²) < 4.78 is 1.26. The zero-order chi connectivity index (χ0) is 24.9. The van der Waals surface area contributed by atoms with E-state index in [4.69, 9.17) is 5.73 Å². The zero-order valence-electron chi connectivity index (χ0n) is 19.9. The van der Waals surface area contributed by atoms with E-state index in [0.29, 0.717) is 10.6 Å². The van der Waals surface area contributed by atoms with Crippen molar-refractivity contribution < 1.29 is 9.59 Å². The number of thioether (sulfide) groups is 1. The van der Waals surface area contributed by atoms with Crippen LogP contribution in [0.25, 0.3) is 0 Å². The molecule has 180 valence electrons. The van der Waals surface area contributed by atoms with Gasteiger partial charge < -0.3 is 15.5 Å². The Labute approximate surface area is 197 Å². The van der Waals surface area contributed by atoms with E-state index in [0.717, 1.165) is 0 Å². The van der Waals surface area contributed by atoms with E-state index in [1.807, 2.05) is 34.0 Å². The SMILES string of the molecule is CSc1ncccc1C(=O)N(C)CC(=O)N(CC(C)C)c1c(N)n(CC(C)C)c(=O)[nH]c1=O. The lowest BCUT2D eigenvalue weighted by atomic mass is 10.2. The molecule has 33 heavy (non-hydrogen) atoms. The molecule has 10 nitrogen and oxygen atoms in total. The molecule has 0 spiro atoms. The predicted octanol–water partition coefficient (Wildman–Crippen LogP) is 1.65. The van der Waals surface area contributed by atoms with E-state index in [-0.39, 0.29) is 48.9 Å². The van der Waals surface area contributed by atoms with Crippen LogP contribution < -0.4 is 21.9 Å². The second-order valence-corrected chi connectivity index (χ2v) is 9.41. The number of H-pyrrole nitrogens is 1. The van der Waals surface area contributed by atoms with Crippen LogP contribution in [-0.4, -0.2) is 57.6 Å². The third-order valence-corrected chi connectivity index (χ3v) is 5.51. The molecule has 3 N–H and O–H groups in total. The Hall–Kier alpha value is -3.08. The molecular formula is C22H32N6O4S. The number of carbonyl (C=O) groups excluding carboxylic acids is 2. The van der Waals surface area contributed by atoms with Crippen molar-refractivity contribution in [3.8, 4) is 0 Å². The largest absolute Gasteiger partial charge is 0.383 e. The Kier molecular flexibility index (Phi) is 8.86. The summed E-state index contributed by atoms with van der Waals surface area (Å²) in [6.07, 6.45) is 3.41. The summed E-state index contributed by atoms with van der Waals surface area (Å²) in [5, 5.41) is 0.558. The maximum atomic E-state index is 13.3. The molecule has 0 bridgehead atoms. The molecule has 0 aliphatic rings. The number of anilines is 2. The van der Waals surface area contributed by atoms with Crippen molar-refractivity contribution in [3.05, 3.63) is 44.7 Å². The molecule has 0 fully saturated rings. The van der Waals surface area contributed by atoms with E-state index in [1.54, 1.807) is 18.3 Å². The first kappa shape index (κ1) is 26.2. The summed E-state index contributed by atoms with van der Waals surface area (Å²) >= 11 is 1.33. The van der Waals surface area contributed by atoms with E-state index in [1.165, 1.54) is 33.2 Å². The van der Waals surface area contributed by atoms with Gasteiger partial charge in [-0.3, -0.25) is 23.9 Å². The number of hydrogen-bond acceptors (Lipinski definition) is 7. The van der Waals surface area contributed by atoms with Gasteiger partial charge in [0.25, 0.3) is 11.5 Å². The molecule has 0 radical (unpaired) electrons. The van der Waals surface area contributed by atoms with Crippen LogP contribution in [0.4, 0.5) is 11.5 Å². The first-order valence-electron chi connectivity index (χ1n) is 10.6. The number of nitrogens with zero attached hydrogens (tertiary/aromatic N) is 4. The molecule has 0 atom stereocenters. The van der Waals surface area contributed by atoms with Crippen molar-refractivity contribution in [1.29, 1.82) is 0 Å². The Balaban J connectivity index is 2.43. The molecule has 0 saturated heterocycles. The monoisotopic (exact) mass is 476 g/mol. The number of aromatic nitrogens is 3. The molecule has 0 aliphatic heterocycles. The number of amides is 2. The lowest BCUT2D eigenvalue weighted by Gasteiger charge is -2.28. The Morgan fingerprint density at radius 3 is 2.45 bits per heavy atom. The van der Waals surface area contributed by atoms with Crippen molar-refractivity contribution in [2.75, 3.05) is 37.0 Å². The maximum absolute atomic E-state index is 13.3. The molecule has 0 saturated carbocycles. The average Bonchev–Trinajstić information content (AvgIpc) is 2.74. The van der Waals surface area contributed by atoms with Gasteiger partial charge in [-0.15, -0.1) is 11.8 Å². The summed E-state index contributed by atoms with van der Waals surface area (Å²) in [6, 6.07) is 3.31. The summed E-state index contributed by atoms with van der Waals surface area (Å²) in [7, 11) is 1.51. The molecule has 2 heterocycles. The molecule has 2 aromatic heterocycles. The number of rotatable bonds is 9. The first-order chi connectivity index (χ1) is 15.5. The molecule has 0 unspecified atom stereocenters. The fraction of sp³-hybridized carbons (Fsp3) is 0.500. The highest BCUT2D eigenvalue weighted by atomic mass is 32.2. The number of nitrogens with one attached hydrogen (secondary N) is 1. The normalized spacial score (nSPS) is 11.2. The number of hydrogen-bond donors (Lipinski definition) is 2. The van der Waals surface area contributed by atoms with E-state index in [2.05, 4.69) is 9.97 Å². The molecule has 2 aromatic rings. The Bertz CT molecular complexity index is 1120. The zero-order valence-corrected chi connectivity index (χ0v) is 20.7. The lowest BCUT2D eigenvalue weighted by molar-refractivity contribution is -0.119. The summed E-state index contributed by atoms with van der Waals surface area (Å²) in [5.74, 6) is -0.831. The van der Waals surface area contributed by atoms with Gasteiger partial charge in [0, 0.05) is 26.3 Å². The highest BCUT2D eigenvalue weighted by Crippen LogP contribution is 2.21. The summed E-state index contributed by atoms with van der Waals surface area (Å²) in [6.45, 7) is 7.81. The van der Waals surface area contributed by atoms with E-state index in [9.17, 15) is 19.2 Å². The van der Waals surface area contributed by atoms with Crippen LogP contribution in [0.2, 0.25) is 0 Å². The van der Waals surface area contributed by atoms with Crippen molar-refractivity contribution in [2.24, 2.45) is 11.8 Å². The van der Waals surface area contributed by atoms with Gasteiger partial charge >= 0.3 is 5.69 Å². The minimum Gasteiger partial charge on any atom is -0.383 e. The highest BCUT2D eigenvalue weighted by molar-refractivity contribution is 7.98. The van der Waals surface area contributed by atoms with Crippen molar-refractivity contribution in [2.45, 2.75) is 39.3 Å². The van der Waals surface area contributed by atoms with Gasteiger partial charge in [-0.05, 0) is 30.2 Å². The molecular weight excluding hydrogens is 444 g/mol. The summed E-state index contributed by atoms with van der Waals surface area (Å²) in [4.78, 5) is 60.3. The second-order valence-electron chi connectivity index (χ2n) is 8.62. The fourth-order valence-corrected chi connectivity index (χ4v) is 3.89. The van der Waals surface area contributed by atoms with Crippen LogP contribution in [0.15, 0.2) is 32.9 Å². The van der Waals surface area contributed by atoms with Gasteiger partial charge in [0.15, 0.2) is 5.69 Å². The van der Waals surface area contributed by atoms with Crippen LogP contribution in [0.5, 0.6) is 0 Å². The minimum absolute atomic E-state index is 0.000604. The fourth-order valence-electron chi connectivity index (χ4n) is 3.35. The van der Waals surface area contributed by atoms with Crippen LogP contribution in [-0.2, 0) is 11.3 Å². The van der Waals surface area contributed by atoms with Gasteiger partial charge in [0.05, 0.1) is 5.56 Å². The quantitative estimate of drug-likeness (QED) is 0.526. The number of pyridine rings is 1. The van der Waals surface area contributed by atoms with E-state index < -0.39 is 17.2 Å². The molecule has 11 heteroatoms. The number of likely N-dealkylation sites (N-methyl/N-ethyl adjacent to an activating group) is 1. The third-order valence-electron chi connectivity index (χ3n) is 4.79. The molecule has 0 aromatic carbocycles. The van der Waals surface area contributed by atoms with Crippen LogP contribution >= 0.6 is 11.8 Å². The Morgan fingerprint density at radius 1 is 1.21 bits per heavy atom. The average molecular weight is 477 g/mol. The highest BCUT2D eigenvalue weighted by Gasteiger charge is 2.27. The first-order valence-corrected chi connectivity index (χ1v) is 11.9. The molecule has 0 aliphatic carbocycles. The maximum Gasteiger partial charge on any atom is 0.330 e. The van der Waals surface area contributed by atoms with Gasteiger partial charge in [0.2, 0.25) is 5.91 Å². The van der Waals surface area contributed by atoms with Gasteiger partial charge in [-0.1, -0.05) is 27.7 Å². The number of carbonyl (C=O) groups is 2. The number of nitrogens with two attached hydrogens (primary N) is 1. The second kappa shape index (κ2) is 11.2. The third kappa shape index (κ3) is 6.25. The van der Waals surface area contributed by atoms with Gasteiger partial charge in [0.1, 0.15) is 17.4 Å². The minimum atomic E-state index is -0.739. The topological polar surface area (TPSA) is 134 Å². The van der Waals surface area contributed by atoms with Gasteiger partial charge in [-0.2, -0.15) is 0 Å².